The van der Waals surface area contributed by atoms with E-state index in [1.54, 1.807) is 4.57 Å². The molecular weight excluding hydrogens is 532 g/mol. The van der Waals surface area contributed by atoms with Gasteiger partial charge in [0.25, 0.3) is 5.56 Å². The Labute approximate surface area is 242 Å². The standard InChI is InChI=1S/C30H42N8O2Si/c1-20-10-8-9-11-24(20)38-19-22(27-26(29(38)39)28(31)35-34-27)23-18-25(33-21(2)32-23)37-14-12-36(13-15-37)16-17-40-41(6,7)30(3,4)5/h8-11,18-19H,12-17H2,1-7H3,(H3,31,34,35). The number of aromatic amines is 1. The lowest BCUT2D eigenvalue weighted by molar-refractivity contribution is 0.190. The molecule has 0 aliphatic carbocycles. The third-order valence-electron chi connectivity index (χ3n) is 8.60. The molecule has 0 atom stereocenters. The monoisotopic (exact) mass is 574 g/mol. The van der Waals surface area contributed by atoms with Gasteiger partial charge in [-0.25, -0.2) is 9.97 Å². The molecule has 5 rings (SSSR count). The molecule has 0 radical (unpaired) electrons. The molecule has 0 spiro atoms. The topological polar surface area (TPSA) is 118 Å². The number of benzene rings is 1. The zero-order chi connectivity index (χ0) is 29.5. The van der Waals surface area contributed by atoms with E-state index in [-0.39, 0.29) is 16.4 Å². The van der Waals surface area contributed by atoms with Crippen LogP contribution < -0.4 is 16.2 Å². The highest BCUT2D eigenvalue weighted by molar-refractivity contribution is 6.74. The van der Waals surface area contributed by atoms with Gasteiger partial charge in [-0.05, 0) is 43.6 Å². The van der Waals surface area contributed by atoms with Crippen LogP contribution in [0, 0.1) is 13.8 Å². The first-order valence-corrected chi connectivity index (χ1v) is 17.2. The lowest BCUT2D eigenvalue weighted by Crippen LogP contribution is -2.49. The van der Waals surface area contributed by atoms with E-state index in [1.165, 1.54) is 0 Å². The highest BCUT2D eigenvalue weighted by Crippen LogP contribution is 2.36. The number of rotatable bonds is 7. The number of nitrogens with two attached hydrogens (primary N) is 1. The number of hydrogen-bond acceptors (Lipinski definition) is 8. The van der Waals surface area contributed by atoms with Gasteiger partial charge in [-0.15, -0.1) is 0 Å². The Morgan fingerprint density at radius 2 is 1.78 bits per heavy atom. The number of aryl methyl sites for hydroxylation is 2. The van der Waals surface area contributed by atoms with E-state index in [1.807, 2.05) is 50.4 Å². The molecule has 0 saturated carbocycles. The van der Waals surface area contributed by atoms with Crippen LogP contribution in [-0.2, 0) is 4.43 Å². The van der Waals surface area contributed by atoms with E-state index in [4.69, 9.17) is 20.1 Å². The Morgan fingerprint density at radius 3 is 2.46 bits per heavy atom. The van der Waals surface area contributed by atoms with Gasteiger partial charge in [0, 0.05) is 57.2 Å². The molecule has 1 aliphatic heterocycles. The van der Waals surface area contributed by atoms with Crippen LogP contribution >= 0.6 is 0 Å². The van der Waals surface area contributed by atoms with Crippen LogP contribution in [0.5, 0.6) is 0 Å². The summed E-state index contributed by atoms with van der Waals surface area (Å²) < 4.78 is 8.04. The molecule has 4 aromatic rings. The maximum absolute atomic E-state index is 13.5. The Balaban J connectivity index is 1.40. The second-order valence-corrected chi connectivity index (χ2v) is 17.3. The average molecular weight is 575 g/mol. The van der Waals surface area contributed by atoms with E-state index in [9.17, 15) is 4.79 Å². The van der Waals surface area contributed by atoms with Crippen molar-refractivity contribution < 1.29 is 4.43 Å². The first-order chi connectivity index (χ1) is 19.4. The van der Waals surface area contributed by atoms with Crippen LogP contribution in [0.1, 0.15) is 32.2 Å². The first kappa shape index (κ1) is 29.0. The van der Waals surface area contributed by atoms with Crippen LogP contribution in [0.4, 0.5) is 11.6 Å². The fourth-order valence-corrected chi connectivity index (χ4v) is 6.08. The number of aromatic nitrogens is 5. The summed E-state index contributed by atoms with van der Waals surface area (Å²) in [5.41, 5.74) is 9.77. The van der Waals surface area contributed by atoms with Crippen molar-refractivity contribution in [1.29, 1.82) is 0 Å². The highest BCUT2D eigenvalue weighted by Gasteiger charge is 2.37. The molecule has 1 fully saturated rings. The van der Waals surface area contributed by atoms with E-state index >= 15 is 0 Å². The molecule has 1 aliphatic rings. The number of H-pyrrole nitrogens is 1. The summed E-state index contributed by atoms with van der Waals surface area (Å²) in [5.74, 6) is 1.71. The van der Waals surface area contributed by atoms with Crippen molar-refractivity contribution in [2.24, 2.45) is 0 Å². The van der Waals surface area contributed by atoms with Crippen LogP contribution in [0.3, 0.4) is 0 Å². The molecule has 10 nitrogen and oxygen atoms in total. The van der Waals surface area contributed by atoms with Gasteiger partial charge in [-0.3, -0.25) is 19.4 Å². The molecule has 41 heavy (non-hydrogen) atoms. The number of fused-ring (bicyclic) bond motifs is 1. The minimum atomic E-state index is -1.74. The molecule has 11 heteroatoms. The van der Waals surface area contributed by atoms with E-state index in [0.29, 0.717) is 22.4 Å². The normalized spacial score (nSPS) is 15.1. The van der Waals surface area contributed by atoms with Gasteiger partial charge < -0.3 is 15.1 Å². The number of pyridine rings is 1. The molecule has 3 N–H and O–H groups in total. The molecule has 1 aromatic carbocycles. The lowest BCUT2D eigenvalue weighted by atomic mass is 10.1. The predicted octanol–water partition coefficient (Wildman–Crippen LogP) is 4.51. The number of hydrogen-bond donors (Lipinski definition) is 2. The van der Waals surface area contributed by atoms with Crippen molar-refractivity contribution in [3.63, 3.8) is 0 Å². The first-order valence-electron chi connectivity index (χ1n) is 14.3. The Bertz CT molecular complexity index is 1610. The van der Waals surface area contributed by atoms with Crippen molar-refractivity contribution in [2.75, 3.05) is 50.0 Å². The summed E-state index contributed by atoms with van der Waals surface area (Å²) in [6.07, 6.45) is 1.83. The highest BCUT2D eigenvalue weighted by atomic mass is 28.4. The molecule has 0 bridgehead atoms. The lowest BCUT2D eigenvalue weighted by Gasteiger charge is -2.38. The van der Waals surface area contributed by atoms with Crippen LogP contribution in [0.15, 0.2) is 41.3 Å². The third kappa shape index (κ3) is 5.79. The molecular formula is C30H42N8O2Si. The Kier molecular flexibility index (Phi) is 7.79. The van der Waals surface area contributed by atoms with Gasteiger partial charge in [-0.1, -0.05) is 39.0 Å². The van der Waals surface area contributed by atoms with Crippen molar-refractivity contribution in [3.8, 4) is 16.9 Å². The zero-order valence-corrected chi connectivity index (χ0v) is 26.3. The van der Waals surface area contributed by atoms with Gasteiger partial charge in [0.05, 0.1) is 16.9 Å². The van der Waals surface area contributed by atoms with Crippen LogP contribution in [-0.4, -0.2) is 77.3 Å². The average Bonchev–Trinajstić information content (AvgIpc) is 3.30. The summed E-state index contributed by atoms with van der Waals surface area (Å²) in [5, 5.41) is 7.72. The number of para-hydroxylation sites is 1. The fraction of sp³-hybridized carbons (Fsp3) is 0.467. The van der Waals surface area contributed by atoms with Gasteiger partial charge in [-0.2, -0.15) is 5.10 Å². The molecule has 4 heterocycles. The maximum Gasteiger partial charge on any atom is 0.268 e. The number of nitrogens with zero attached hydrogens (tertiary/aromatic N) is 6. The summed E-state index contributed by atoms with van der Waals surface area (Å²) in [6, 6.07) is 9.79. The second-order valence-electron chi connectivity index (χ2n) is 12.5. The van der Waals surface area contributed by atoms with Gasteiger partial charge in [0.1, 0.15) is 17.0 Å². The van der Waals surface area contributed by atoms with E-state index in [2.05, 4.69) is 53.9 Å². The van der Waals surface area contributed by atoms with E-state index in [0.717, 1.165) is 62.0 Å². The van der Waals surface area contributed by atoms with Crippen molar-refractivity contribution >= 4 is 30.9 Å². The van der Waals surface area contributed by atoms with Crippen molar-refractivity contribution in [1.82, 2.24) is 29.6 Å². The summed E-state index contributed by atoms with van der Waals surface area (Å²) >= 11 is 0. The smallest absolute Gasteiger partial charge is 0.268 e. The van der Waals surface area contributed by atoms with Gasteiger partial charge >= 0.3 is 0 Å². The minimum Gasteiger partial charge on any atom is -0.416 e. The van der Waals surface area contributed by atoms with Crippen molar-refractivity contribution in [2.45, 2.75) is 52.8 Å². The van der Waals surface area contributed by atoms with Crippen LogP contribution in [0.25, 0.3) is 27.8 Å². The Hall–Kier alpha value is -3.54. The number of anilines is 2. The number of piperazine rings is 1. The second kappa shape index (κ2) is 11.0. The largest absolute Gasteiger partial charge is 0.416 e. The summed E-state index contributed by atoms with van der Waals surface area (Å²) in [7, 11) is -1.74. The molecule has 0 unspecified atom stereocenters. The fourth-order valence-electron chi connectivity index (χ4n) is 5.05. The number of nitrogen functional groups attached to an aromatic ring is 1. The SMILES string of the molecule is Cc1nc(-c2cn(-c3ccccc3C)c(=O)c3c(N)n[nH]c23)cc(N2CCN(CCO[Si](C)(C)C(C)(C)C)CC2)n1. The third-order valence-corrected chi connectivity index (χ3v) is 13.1. The minimum absolute atomic E-state index is 0.175. The molecule has 218 valence electrons. The quantitative estimate of drug-likeness (QED) is 0.310. The zero-order valence-electron chi connectivity index (χ0n) is 25.3. The molecule has 3 aromatic heterocycles. The predicted molar refractivity (Wildman–Crippen MR) is 168 cm³/mol. The molecule has 0 amide bonds. The number of nitrogens with one attached hydrogen (secondary N) is 1. The van der Waals surface area contributed by atoms with Crippen LogP contribution in [0.2, 0.25) is 18.1 Å². The van der Waals surface area contributed by atoms with Gasteiger partial charge in [0.15, 0.2) is 14.1 Å². The van der Waals surface area contributed by atoms with Crippen molar-refractivity contribution in [3.05, 3.63) is 58.3 Å². The summed E-state index contributed by atoms with van der Waals surface area (Å²) in [6.45, 7) is 20.7. The summed E-state index contributed by atoms with van der Waals surface area (Å²) in [4.78, 5) is 27.8. The Morgan fingerprint density at radius 1 is 1.07 bits per heavy atom. The maximum atomic E-state index is 13.5. The van der Waals surface area contributed by atoms with Gasteiger partial charge in [0.2, 0.25) is 0 Å². The van der Waals surface area contributed by atoms with E-state index < -0.39 is 8.32 Å². The molecule has 1 saturated heterocycles.